The van der Waals surface area contributed by atoms with Crippen molar-refractivity contribution in [1.29, 1.82) is 0 Å². The maximum Gasteiger partial charge on any atom is 0.341 e. The number of carbonyl (C=O) groups is 1. The van der Waals surface area contributed by atoms with E-state index in [0.29, 0.717) is 25.6 Å². The molecule has 0 spiro atoms. The van der Waals surface area contributed by atoms with Crippen LogP contribution in [0.15, 0.2) is 41.5 Å². The van der Waals surface area contributed by atoms with Crippen molar-refractivity contribution in [3.63, 3.8) is 0 Å². The molecule has 33 heavy (non-hydrogen) atoms. The normalized spacial score (nSPS) is 16.0. The molecule has 1 saturated heterocycles. The van der Waals surface area contributed by atoms with Crippen molar-refractivity contribution in [3.05, 3.63) is 75.6 Å². The molecule has 0 aliphatic carbocycles. The molecule has 4 heterocycles. The Kier molecular flexibility index (Phi) is 4.84. The van der Waals surface area contributed by atoms with Crippen molar-refractivity contribution < 1.29 is 23.1 Å². The van der Waals surface area contributed by atoms with Crippen molar-refractivity contribution in [2.45, 2.75) is 12.3 Å². The third kappa shape index (κ3) is 3.49. The van der Waals surface area contributed by atoms with Crippen LogP contribution < -0.4 is 10.3 Å². The van der Waals surface area contributed by atoms with Crippen LogP contribution in [0.3, 0.4) is 0 Å². The highest BCUT2D eigenvalue weighted by Crippen LogP contribution is 2.31. The fourth-order valence-corrected chi connectivity index (χ4v) is 4.05. The zero-order valence-corrected chi connectivity index (χ0v) is 16.8. The van der Waals surface area contributed by atoms with E-state index in [-0.39, 0.29) is 28.5 Å². The van der Waals surface area contributed by atoms with E-state index in [0.717, 1.165) is 34.7 Å². The number of carboxylic acids is 1. The molecule has 0 bridgehead atoms. The Balaban J connectivity index is 1.70. The Morgan fingerprint density at radius 3 is 2.70 bits per heavy atom. The molecule has 0 radical (unpaired) electrons. The lowest BCUT2D eigenvalue weighted by atomic mass is 10.1. The largest absolute Gasteiger partial charge is 0.477 e. The zero-order valence-electron chi connectivity index (χ0n) is 16.8. The lowest BCUT2D eigenvalue weighted by Gasteiger charge is -2.20. The molecule has 1 atom stereocenters. The number of aromatic carboxylic acids is 1. The average molecular weight is 456 g/mol. The Bertz CT molecular complexity index is 1450. The van der Waals surface area contributed by atoms with E-state index in [4.69, 9.17) is 0 Å². The van der Waals surface area contributed by atoms with Crippen molar-refractivity contribution in [2.24, 2.45) is 0 Å². The Morgan fingerprint density at radius 2 is 2.00 bits per heavy atom. The second kappa shape index (κ2) is 7.73. The van der Waals surface area contributed by atoms with E-state index in [1.54, 1.807) is 11.1 Å². The summed E-state index contributed by atoms with van der Waals surface area (Å²) in [5.74, 6) is -4.34. The molecule has 9 nitrogen and oxygen atoms in total. The zero-order chi connectivity index (χ0) is 23.3. The van der Waals surface area contributed by atoms with Crippen LogP contribution in [0, 0.1) is 17.5 Å². The Morgan fingerprint density at radius 1 is 1.18 bits per heavy atom. The molecule has 0 saturated carbocycles. The molecule has 2 N–H and O–H groups in total. The van der Waals surface area contributed by atoms with Crippen LogP contribution in [-0.2, 0) is 0 Å². The number of halogens is 3. The van der Waals surface area contributed by atoms with Crippen molar-refractivity contribution >= 4 is 22.8 Å². The number of aromatic amines is 1. The van der Waals surface area contributed by atoms with Crippen molar-refractivity contribution in [2.75, 3.05) is 18.0 Å². The minimum atomic E-state index is -1.57. The van der Waals surface area contributed by atoms with Gasteiger partial charge in [-0.2, -0.15) is 15.4 Å². The minimum absolute atomic E-state index is 0.0215. The summed E-state index contributed by atoms with van der Waals surface area (Å²) in [5, 5.41) is 19.5. The van der Waals surface area contributed by atoms with Crippen LogP contribution in [-0.4, -0.2) is 49.1 Å². The van der Waals surface area contributed by atoms with E-state index in [1.807, 2.05) is 0 Å². The molecule has 5 rings (SSSR count). The molecule has 1 aromatic carbocycles. The van der Waals surface area contributed by atoms with E-state index in [9.17, 15) is 23.5 Å². The van der Waals surface area contributed by atoms with Crippen LogP contribution in [0.2, 0.25) is 0 Å². The van der Waals surface area contributed by atoms with Crippen LogP contribution in [0.1, 0.15) is 28.4 Å². The van der Waals surface area contributed by atoms with Crippen LogP contribution in [0.4, 0.5) is 19.0 Å². The number of aromatic nitrogens is 5. The second-order valence-electron chi connectivity index (χ2n) is 7.63. The molecule has 0 amide bonds. The third-order valence-corrected chi connectivity index (χ3v) is 5.65. The first-order valence-corrected chi connectivity index (χ1v) is 9.88. The maximum atomic E-state index is 15.1. The first-order chi connectivity index (χ1) is 15.8. The molecule has 4 aromatic rings. The third-order valence-electron chi connectivity index (χ3n) is 5.65. The number of rotatable bonds is 4. The van der Waals surface area contributed by atoms with Gasteiger partial charge in [0, 0.05) is 31.3 Å². The Hall–Kier alpha value is -4.22. The van der Waals surface area contributed by atoms with Crippen LogP contribution in [0.5, 0.6) is 0 Å². The van der Waals surface area contributed by atoms with E-state index in [2.05, 4.69) is 20.4 Å². The lowest BCUT2D eigenvalue weighted by molar-refractivity contribution is 0.0695. The summed E-state index contributed by atoms with van der Waals surface area (Å²) in [6.07, 6.45) is 3.14. The number of pyridine rings is 2. The number of carboxylic acid groups (broad SMARTS) is 1. The summed E-state index contributed by atoms with van der Waals surface area (Å²) >= 11 is 0. The molecule has 3 aromatic heterocycles. The fourth-order valence-electron chi connectivity index (χ4n) is 4.05. The summed E-state index contributed by atoms with van der Waals surface area (Å²) in [6.45, 7) is 0.819. The van der Waals surface area contributed by atoms with Gasteiger partial charge in [-0.1, -0.05) is 0 Å². The van der Waals surface area contributed by atoms with Gasteiger partial charge >= 0.3 is 5.97 Å². The van der Waals surface area contributed by atoms with Gasteiger partial charge in [0.15, 0.2) is 17.3 Å². The summed E-state index contributed by atoms with van der Waals surface area (Å²) in [5.41, 5.74) is -1.34. The molecular weight excluding hydrogens is 441 g/mol. The highest BCUT2D eigenvalue weighted by molar-refractivity contribution is 5.92. The molecule has 168 valence electrons. The van der Waals surface area contributed by atoms with Gasteiger partial charge in [0.2, 0.25) is 5.43 Å². The molecule has 1 unspecified atom stereocenters. The SMILES string of the molecule is O=C(O)c1cn(-c2ccc(F)cc2F)c2nc(N3CCC(c4cn[nH]n4)C3)c(F)cc2c1=O. The molecular formula is C21H15F3N6O3. The van der Waals surface area contributed by atoms with E-state index >= 15 is 4.39 Å². The fraction of sp³-hybridized carbons (Fsp3) is 0.190. The van der Waals surface area contributed by atoms with Gasteiger partial charge in [0.05, 0.1) is 23.0 Å². The number of nitrogens with zero attached hydrogens (tertiary/aromatic N) is 5. The first kappa shape index (κ1) is 20.7. The monoisotopic (exact) mass is 456 g/mol. The van der Waals surface area contributed by atoms with Gasteiger partial charge in [-0.15, -0.1) is 0 Å². The van der Waals surface area contributed by atoms with Crippen LogP contribution >= 0.6 is 0 Å². The van der Waals surface area contributed by atoms with Gasteiger partial charge in [-0.25, -0.2) is 22.9 Å². The smallest absolute Gasteiger partial charge is 0.341 e. The summed E-state index contributed by atoms with van der Waals surface area (Å²) in [7, 11) is 0. The highest BCUT2D eigenvalue weighted by Gasteiger charge is 2.29. The maximum absolute atomic E-state index is 15.1. The number of anilines is 1. The quantitative estimate of drug-likeness (QED) is 0.485. The van der Waals surface area contributed by atoms with Gasteiger partial charge in [-0.05, 0) is 24.6 Å². The molecule has 1 aliphatic heterocycles. The summed E-state index contributed by atoms with van der Waals surface area (Å²) in [6, 6.07) is 3.58. The number of hydrogen-bond acceptors (Lipinski definition) is 6. The molecule has 12 heteroatoms. The van der Waals surface area contributed by atoms with Crippen molar-refractivity contribution in [1.82, 2.24) is 25.0 Å². The summed E-state index contributed by atoms with van der Waals surface area (Å²) in [4.78, 5) is 30.2. The molecule has 1 aliphatic rings. The highest BCUT2D eigenvalue weighted by atomic mass is 19.1. The predicted octanol–water partition coefficient (Wildman–Crippen LogP) is 2.61. The van der Waals surface area contributed by atoms with Gasteiger partial charge in [0.1, 0.15) is 17.2 Å². The van der Waals surface area contributed by atoms with E-state index < -0.39 is 34.4 Å². The van der Waals surface area contributed by atoms with Crippen LogP contribution in [0.25, 0.3) is 16.7 Å². The summed E-state index contributed by atoms with van der Waals surface area (Å²) < 4.78 is 44.1. The molecule has 1 fully saturated rings. The average Bonchev–Trinajstić information content (AvgIpc) is 3.46. The number of benzene rings is 1. The standard InChI is InChI=1S/C21H15F3N6O3/c22-11-1-2-17(14(23)5-11)30-9-13(21(32)33)18(31)12-6-15(24)20(26-19(12)30)29-4-3-10(8-29)16-7-25-28-27-16/h1-2,5-7,9-10H,3-4,8H2,(H,32,33)(H,25,27,28). The Labute approximate surface area is 183 Å². The van der Waals surface area contributed by atoms with Gasteiger partial charge < -0.3 is 10.0 Å². The number of H-pyrrole nitrogens is 1. The lowest BCUT2D eigenvalue weighted by Crippen LogP contribution is -2.24. The minimum Gasteiger partial charge on any atom is -0.477 e. The number of nitrogens with one attached hydrogen (secondary N) is 1. The predicted molar refractivity (Wildman–Crippen MR) is 110 cm³/mol. The topological polar surface area (TPSA) is 117 Å². The first-order valence-electron chi connectivity index (χ1n) is 9.88. The van der Waals surface area contributed by atoms with Gasteiger partial charge in [0.25, 0.3) is 0 Å². The number of fused-ring (bicyclic) bond motifs is 1. The second-order valence-corrected chi connectivity index (χ2v) is 7.63. The van der Waals surface area contributed by atoms with E-state index in [1.165, 1.54) is 0 Å². The number of hydrogen-bond donors (Lipinski definition) is 2. The van der Waals surface area contributed by atoms with Gasteiger partial charge in [-0.3, -0.25) is 9.36 Å². The van der Waals surface area contributed by atoms with Crippen molar-refractivity contribution in [3.8, 4) is 5.69 Å².